The van der Waals surface area contributed by atoms with Crippen molar-refractivity contribution in [1.29, 1.82) is 0 Å². The Kier molecular flexibility index (Phi) is 4.69. The third kappa shape index (κ3) is 4.15. The summed E-state index contributed by atoms with van der Waals surface area (Å²) in [6.45, 7) is 3.68. The Morgan fingerprint density at radius 3 is 2.50 bits per heavy atom. The number of nitro groups is 1. The lowest BCUT2D eigenvalue weighted by atomic mass is 10.0. The summed E-state index contributed by atoms with van der Waals surface area (Å²) in [7, 11) is -4.01. The smallest absolute Gasteiger partial charge is 0.312 e. The standard InChI is InChI=1S/C11H17N3O5S/c1-3-11(2,12)7-19-10-5-4-8(20(13,17)18)6-9(10)14(15)16/h4-6H,3,7,12H2,1-2H3,(H2,13,17,18). The number of benzene rings is 1. The summed E-state index contributed by atoms with van der Waals surface area (Å²) in [4.78, 5) is 9.88. The third-order valence-corrected chi connectivity index (χ3v) is 3.73. The highest BCUT2D eigenvalue weighted by molar-refractivity contribution is 7.89. The molecule has 0 spiro atoms. The topological polar surface area (TPSA) is 139 Å². The molecule has 20 heavy (non-hydrogen) atoms. The first-order chi connectivity index (χ1) is 9.07. The second-order valence-electron chi connectivity index (χ2n) is 4.73. The normalized spacial score (nSPS) is 14.6. The molecule has 0 saturated carbocycles. The number of ether oxygens (including phenoxy) is 1. The molecule has 1 unspecified atom stereocenters. The minimum atomic E-state index is -4.01. The van der Waals surface area contributed by atoms with Crippen LogP contribution in [0.25, 0.3) is 0 Å². The molecule has 0 aliphatic rings. The molecule has 0 aliphatic heterocycles. The van der Waals surface area contributed by atoms with Crippen LogP contribution in [-0.2, 0) is 10.0 Å². The number of nitro benzene ring substituents is 1. The van der Waals surface area contributed by atoms with Gasteiger partial charge in [-0.3, -0.25) is 10.1 Å². The molecule has 1 aromatic rings. The van der Waals surface area contributed by atoms with Crippen LogP contribution in [0.5, 0.6) is 5.75 Å². The van der Waals surface area contributed by atoms with Crippen molar-refractivity contribution < 1.29 is 18.1 Å². The van der Waals surface area contributed by atoms with Gasteiger partial charge in [0.2, 0.25) is 10.0 Å². The highest BCUT2D eigenvalue weighted by Gasteiger charge is 2.23. The Morgan fingerprint density at radius 1 is 1.45 bits per heavy atom. The lowest BCUT2D eigenvalue weighted by Gasteiger charge is -2.22. The number of nitrogens with two attached hydrogens (primary N) is 2. The molecule has 1 atom stereocenters. The number of sulfonamides is 1. The first kappa shape index (κ1) is 16.3. The number of primary sulfonamides is 1. The van der Waals surface area contributed by atoms with Gasteiger partial charge in [-0.25, -0.2) is 13.6 Å². The zero-order chi connectivity index (χ0) is 15.6. The number of hydrogen-bond donors (Lipinski definition) is 2. The van der Waals surface area contributed by atoms with Gasteiger partial charge in [-0.1, -0.05) is 6.92 Å². The number of nitrogens with zero attached hydrogens (tertiary/aromatic N) is 1. The highest BCUT2D eigenvalue weighted by atomic mass is 32.2. The van der Waals surface area contributed by atoms with Crippen LogP contribution in [0.1, 0.15) is 20.3 Å². The monoisotopic (exact) mass is 303 g/mol. The maximum atomic E-state index is 11.2. The highest BCUT2D eigenvalue weighted by Crippen LogP contribution is 2.30. The van der Waals surface area contributed by atoms with Crippen LogP contribution < -0.4 is 15.6 Å². The van der Waals surface area contributed by atoms with Gasteiger partial charge < -0.3 is 10.5 Å². The zero-order valence-electron chi connectivity index (χ0n) is 11.2. The summed E-state index contributed by atoms with van der Waals surface area (Å²) < 4.78 is 27.7. The number of rotatable bonds is 6. The molecule has 0 heterocycles. The maximum Gasteiger partial charge on any atom is 0.312 e. The van der Waals surface area contributed by atoms with Crippen molar-refractivity contribution in [2.24, 2.45) is 10.9 Å². The minimum absolute atomic E-state index is 0.0486. The molecule has 0 bridgehead atoms. The van der Waals surface area contributed by atoms with E-state index in [1.54, 1.807) is 6.92 Å². The molecule has 4 N–H and O–H groups in total. The van der Waals surface area contributed by atoms with Gasteiger partial charge in [0, 0.05) is 11.6 Å². The summed E-state index contributed by atoms with van der Waals surface area (Å²) in [5.41, 5.74) is 4.78. The van der Waals surface area contributed by atoms with Crippen molar-refractivity contribution in [3.8, 4) is 5.75 Å². The van der Waals surface area contributed by atoms with E-state index < -0.39 is 26.2 Å². The van der Waals surface area contributed by atoms with Crippen LogP contribution >= 0.6 is 0 Å². The van der Waals surface area contributed by atoms with Gasteiger partial charge in [0.15, 0.2) is 5.75 Å². The first-order valence-electron chi connectivity index (χ1n) is 5.80. The summed E-state index contributed by atoms with van der Waals surface area (Å²) in [5, 5.41) is 15.9. The molecular formula is C11H17N3O5S. The maximum absolute atomic E-state index is 11.2. The molecule has 1 aromatic carbocycles. The van der Waals surface area contributed by atoms with Crippen molar-refractivity contribution in [1.82, 2.24) is 0 Å². The molecule has 0 fully saturated rings. The molecule has 0 aromatic heterocycles. The van der Waals surface area contributed by atoms with E-state index in [9.17, 15) is 18.5 Å². The van der Waals surface area contributed by atoms with Crippen LogP contribution in [0.15, 0.2) is 23.1 Å². The fourth-order valence-corrected chi connectivity index (χ4v) is 1.82. The fourth-order valence-electron chi connectivity index (χ4n) is 1.28. The van der Waals surface area contributed by atoms with E-state index in [1.165, 1.54) is 6.07 Å². The van der Waals surface area contributed by atoms with E-state index in [4.69, 9.17) is 15.6 Å². The van der Waals surface area contributed by atoms with E-state index in [0.717, 1.165) is 12.1 Å². The van der Waals surface area contributed by atoms with Gasteiger partial charge in [-0.15, -0.1) is 0 Å². The summed E-state index contributed by atoms with van der Waals surface area (Å²) in [6.07, 6.45) is 0.621. The lowest BCUT2D eigenvalue weighted by molar-refractivity contribution is -0.386. The largest absolute Gasteiger partial charge is 0.485 e. The van der Waals surface area contributed by atoms with Crippen molar-refractivity contribution in [3.63, 3.8) is 0 Å². The van der Waals surface area contributed by atoms with E-state index in [0.29, 0.717) is 6.42 Å². The van der Waals surface area contributed by atoms with Crippen LogP contribution in [0.2, 0.25) is 0 Å². The third-order valence-electron chi connectivity index (χ3n) is 2.82. The second-order valence-corrected chi connectivity index (χ2v) is 6.29. The molecule has 9 heteroatoms. The van der Waals surface area contributed by atoms with Crippen LogP contribution in [0.4, 0.5) is 5.69 Å². The average Bonchev–Trinajstić information content (AvgIpc) is 2.35. The summed E-state index contributed by atoms with van der Waals surface area (Å²) in [6, 6.07) is 3.21. The van der Waals surface area contributed by atoms with Crippen molar-refractivity contribution >= 4 is 15.7 Å². The Labute approximate surface area is 116 Å². The molecule has 0 aliphatic carbocycles. The zero-order valence-corrected chi connectivity index (χ0v) is 12.0. The average molecular weight is 303 g/mol. The molecule has 0 saturated heterocycles. The van der Waals surface area contributed by atoms with Crippen LogP contribution in [0.3, 0.4) is 0 Å². The van der Waals surface area contributed by atoms with Gasteiger partial charge in [-0.05, 0) is 25.5 Å². The Hall–Kier alpha value is -1.71. The number of hydrogen-bond acceptors (Lipinski definition) is 6. The summed E-state index contributed by atoms with van der Waals surface area (Å²) >= 11 is 0. The van der Waals surface area contributed by atoms with Gasteiger partial charge in [-0.2, -0.15) is 0 Å². The van der Waals surface area contributed by atoms with Gasteiger partial charge >= 0.3 is 5.69 Å². The Bertz CT molecular complexity index is 612. The molecule has 1 rings (SSSR count). The van der Waals surface area contributed by atoms with Crippen LogP contribution in [0, 0.1) is 10.1 Å². The van der Waals surface area contributed by atoms with Gasteiger partial charge in [0.05, 0.1) is 9.82 Å². The fraction of sp³-hybridized carbons (Fsp3) is 0.455. The van der Waals surface area contributed by atoms with Crippen molar-refractivity contribution in [2.45, 2.75) is 30.7 Å². The quantitative estimate of drug-likeness (QED) is 0.587. The predicted octanol–water partition coefficient (Wildman–Crippen LogP) is 0.748. The Balaban J connectivity index is 3.12. The van der Waals surface area contributed by atoms with E-state index in [2.05, 4.69) is 0 Å². The van der Waals surface area contributed by atoms with Crippen molar-refractivity contribution in [2.75, 3.05) is 6.61 Å². The van der Waals surface area contributed by atoms with E-state index in [1.807, 2.05) is 6.92 Å². The molecule has 112 valence electrons. The van der Waals surface area contributed by atoms with Gasteiger partial charge in [0.1, 0.15) is 6.61 Å². The SMILES string of the molecule is CCC(C)(N)COc1ccc(S(N)(=O)=O)cc1[N+](=O)[O-]. The minimum Gasteiger partial charge on any atom is -0.485 e. The van der Waals surface area contributed by atoms with Gasteiger partial charge in [0.25, 0.3) is 0 Å². The molecule has 0 amide bonds. The summed E-state index contributed by atoms with van der Waals surface area (Å²) in [5.74, 6) is -0.0486. The second kappa shape index (κ2) is 5.73. The van der Waals surface area contributed by atoms with E-state index in [-0.39, 0.29) is 17.3 Å². The Morgan fingerprint density at radius 2 is 2.05 bits per heavy atom. The first-order valence-corrected chi connectivity index (χ1v) is 7.34. The van der Waals surface area contributed by atoms with Crippen LogP contribution in [-0.4, -0.2) is 25.5 Å². The predicted molar refractivity (Wildman–Crippen MR) is 72.8 cm³/mol. The molecular weight excluding hydrogens is 286 g/mol. The van der Waals surface area contributed by atoms with Crippen molar-refractivity contribution in [3.05, 3.63) is 28.3 Å². The molecule has 8 nitrogen and oxygen atoms in total. The lowest BCUT2D eigenvalue weighted by Crippen LogP contribution is -2.41. The molecule has 0 radical (unpaired) electrons. The van der Waals surface area contributed by atoms with E-state index >= 15 is 0 Å².